The first-order valence-corrected chi connectivity index (χ1v) is 16.5. The number of piperazine rings is 1. The number of amides is 1. The van der Waals surface area contributed by atoms with Gasteiger partial charge in [0.25, 0.3) is 0 Å². The molecular formula is C33H33Cl4FN6O3. The number of aliphatic hydroxyl groups is 1. The molecule has 5 rings (SSSR count). The monoisotopic (exact) mass is 720 g/mol. The maximum absolute atomic E-state index is 15.7. The van der Waals surface area contributed by atoms with Crippen LogP contribution in [0.5, 0.6) is 5.75 Å². The largest absolute Gasteiger partial charge is 0.506 e. The van der Waals surface area contributed by atoms with Crippen LogP contribution in [0.2, 0.25) is 20.1 Å². The van der Waals surface area contributed by atoms with Crippen molar-refractivity contribution in [2.75, 3.05) is 24.5 Å². The predicted molar refractivity (Wildman–Crippen MR) is 184 cm³/mol. The van der Waals surface area contributed by atoms with Crippen LogP contribution >= 0.6 is 46.4 Å². The molecule has 0 aliphatic carbocycles. The average Bonchev–Trinajstić information content (AvgIpc) is 3.02. The Balaban J connectivity index is 1.82. The minimum atomic E-state index is -1.54. The van der Waals surface area contributed by atoms with Gasteiger partial charge in [0.05, 0.1) is 43.4 Å². The van der Waals surface area contributed by atoms with E-state index in [9.17, 15) is 20.3 Å². The van der Waals surface area contributed by atoms with Crippen LogP contribution < -0.4 is 4.90 Å². The zero-order valence-electron chi connectivity index (χ0n) is 26.4. The number of benzene rings is 1. The second kappa shape index (κ2) is 13.3. The van der Waals surface area contributed by atoms with E-state index in [0.717, 1.165) is 5.57 Å². The summed E-state index contributed by atoms with van der Waals surface area (Å²) >= 11 is 25.3. The second-order valence-corrected chi connectivity index (χ2v) is 13.7. The molecular weight excluding hydrogens is 689 g/mol. The van der Waals surface area contributed by atoms with Crippen LogP contribution in [0.25, 0.3) is 17.0 Å². The van der Waals surface area contributed by atoms with Crippen LogP contribution in [-0.2, 0) is 4.79 Å². The molecule has 9 nitrogen and oxygen atoms in total. The Kier molecular flexibility index (Phi) is 9.89. The van der Waals surface area contributed by atoms with Gasteiger partial charge in [0.15, 0.2) is 12.0 Å². The first kappa shape index (κ1) is 35.0. The van der Waals surface area contributed by atoms with E-state index < -0.39 is 28.4 Å². The minimum absolute atomic E-state index is 0.0339. The van der Waals surface area contributed by atoms with Gasteiger partial charge < -0.3 is 20.0 Å². The summed E-state index contributed by atoms with van der Waals surface area (Å²) in [7, 11) is 0. The second-order valence-electron chi connectivity index (χ2n) is 12.1. The quantitative estimate of drug-likeness (QED) is 0.187. The lowest BCUT2D eigenvalue weighted by molar-refractivity contribution is -0.132. The van der Waals surface area contributed by atoms with Crippen LogP contribution in [0.3, 0.4) is 0 Å². The molecule has 4 heterocycles. The molecule has 248 valence electrons. The number of carbonyl (C=O) groups excluding carboxylic acids is 1. The number of nitrogens with zero attached hydrogens (tertiary/aromatic N) is 6. The average molecular weight is 722 g/mol. The van der Waals surface area contributed by atoms with Crippen molar-refractivity contribution in [3.05, 3.63) is 67.0 Å². The molecule has 14 heteroatoms. The van der Waals surface area contributed by atoms with Crippen molar-refractivity contribution >= 4 is 69.5 Å². The molecule has 3 atom stereocenters. The number of hydrogen-bond donors (Lipinski definition) is 2. The van der Waals surface area contributed by atoms with E-state index in [-0.39, 0.29) is 56.1 Å². The van der Waals surface area contributed by atoms with E-state index in [1.54, 1.807) is 4.90 Å². The van der Waals surface area contributed by atoms with Gasteiger partial charge in [-0.25, -0.2) is 9.37 Å². The molecule has 0 bridgehead atoms. The van der Waals surface area contributed by atoms with E-state index in [4.69, 9.17) is 56.4 Å². The predicted octanol–water partition coefficient (Wildman–Crippen LogP) is 7.46. The lowest BCUT2D eigenvalue weighted by Crippen LogP contribution is -2.58. The molecule has 2 aromatic rings. The highest BCUT2D eigenvalue weighted by atomic mass is 35.5. The van der Waals surface area contributed by atoms with E-state index in [2.05, 4.69) is 12.6 Å². The number of rotatable bonds is 5. The fourth-order valence-electron chi connectivity index (χ4n) is 6.63. The number of halogens is 5. The summed E-state index contributed by atoms with van der Waals surface area (Å²) in [5.41, 5.74) is 2.27. The van der Waals surface area contributed by atoms with Gasteiger partial charge in [0, 0.05) is 37.3 Å². The molecule has 3 aliphatic rings. The van der Waals surface area contributed by atoms with Gasteiger partial charge in [-0.3, -0.25) is 14.7 Å². The number of pyridine rings is 1. The molecule has 0 saturated carbocycles. The number of aliphatic imine (C=N–C) groups is 1. The molecule has 3 aliphatic heterocycles. The number of aromatic hydroxyl groups is 1. The molecule has 0 radical (unpaired) electrons. The van der Waals surface area contributed by atoms with Crippen molar-refractivity contribution in [3.8, 4) is 23.1 Å². The smallest absolute Gasteiger partial charge is 0.246 e. The van der Waals surface area contributed by atoms with Gasteiger partial charge in [-0.2, -0.15) is 5.26 Å². The number of dihydropyridines is 1. The van der Waals surface area contributed by atoms with Gasteiger partial charge >= 0.3 is 0 Å². The third-order valence-electron chi connectivity index (χ3n) is 8.66. The SMILES string of the molecule is C=CC(=O)N1[C@H](C)CN(C2=C(C#N)C(O)N(C3=C(C)CCN=C3C(C)C)c3nc(-c4c(O)c(Cl)c(Cl)c(Cl)c4F)c(Cl)cc32)C[C@@H]1C. The number of hydrogen-bond acceptors (Lipinski definition) is 8. The third kappa shape index (κ3) is 5.76. The summed E-state index contributed by atoms with van der Waals surface area (Å²) in [6.45, 7) is 14.4. The Morgan fingerprint density at radius 2 is 1.79 bits per heavy atom. The summed E-state index contributed by atoms with van der Waals surface area (Å²) in [6.07, 6.45) is 0.323. The summed E-state index contributed by atoms with van der Waals surface area (Å²) in [4.78, 5) is 27.4. The summed E-state index contributed by atoms with van der Waals surface area (Å²) < 4.78 is 15.7. The first-order chi connectivity index (χ1) is 22.2. The van der Waals surface area contributed by atoms with E-state index >= 15 is 4.39 Å². The molecule has 1 aromatic heterocycles. The molecule has 47 heavy (non-hydrogen) atoms. The van der Waals surface area contributed by atoms with Crippen molar-refractivity contribution in [3.63, 3.8) is 0 Å². The number of phenols is 1. The van der Waals surface area contributed by atoms with Crippen molar-refractivity contribution in [2.45, 2.75) is 59.4 Å². The number of aliphatic hydroxyl groups excluding tert-OH is 1. The van der Waals surface area contributed by atoms with Crippen molar-refractivity contribution in [2.24, 2.45) is 10.9 Å². The Bertz CT molecular complexity index is 1790. The van der Waals surface area contributed by atoms with E-state index in [0.29, 0.717) is 48.7 Å². The van der Waals surface area contributed by atoms with E-state index in [1.165, 1.54) is 17.0 Å². The number of anilines is 1. The Labute approximate surface area is 292 Å². The van der Waals surface area contributed by atoms with Crippen LogP contribution in [0.4, 0.5) is 10.2 Å². The van der Waals surface area contributed by atoms with Crippen molar-refractivity contribution in [1.82, 2.24) is 14.8 Å². The van der Waals surface area contributed by atoms with Gasteiger partial charge in [-0.1, -0.05) is 66.8 Å². The lowest BCUT2D eigenvalue weighted by Gasteiger charge is -2.48. The highest BCUT2D eigenvalue weighted by Gasteiger charge is 2.43. The molecule has 1 saturated heterocycles. The number of aromatic nitrogens is 1. The van der Waals surface area contributed by atoms with Gasteiger partial charge in [0.2, 0.25) is 5.91 Å². The molecule has 1 aromatic carbocycles. The Hall–Kier alpha value is -3.33. The fraction of sp³-hybridized carbons (Fsp3) is 0.394. The van der Waals surface area contributed by atoms with E-state index in [1.807, 2.05) is 39.5 Å². The zero-order chi connectivity index (χ0) is 34.6. The molecule has 0 spiro atoms. The first-order valence-electron chi connectivity index (χ1n) is 15.0. The number of fused-ring (bicyclic) bond motifs is 1. The molecule has 1 fully saturated rings. The van der Waals surface area contributed by atoms with Crippen molar-refractivity contribution in [1.29, 1.82) is 5.26 Å². The third-order valence-corrected chi connectivity index (χ3v) is 10.2. The van der Waals surface area contributed by atoms with Crippen LogP contribution in [0, 0.1) is 23.1 Å². The standard InChI is InChI=1S/C33H33Cl4FN6O3/c1-7-21(45)43-16(5)12-42(13-17(43)6)30-18-10-20(34)28(22-26(38)24(36)23(35)25(37)31(22)46)41-32(18)44(33(47)19(30)11-39)29-15(4)8-9-40-27(29)14(2)3/h7,10,14,16-17,33,46-47H,1,8-9,12-13H2,2-6H3/t16-,17+,33?. The Morgan fingerprint density at radius 3 is 2.36 bits per heavy atom. The number of nitriles is 1. The van der Waals surface area contributed by atoms with Crippen molar-refractivity contribution < 1.29 is 19.4 Å². The van der Waals surface area contributed by atoms with Gasteiger partial charge in [-0.15, -0.1) is 0 Å². The maximum Gasteiger partial charge on any atom is 0.246 e. The summed E-state index contributed by atoms with van der Waals surface area (Å²) in [6, 6.07) is 3.16. The highest BCUT2D eigenvalue weighted by molar-refractivity contribution is 6.49. The topological polar surface area (TPSA) is 116 Å². The molecule has 1 amide bonds. The summed E-state index contributed by atoms with van der Waals surface area (Å²) in [5.74, 6) is -1.95. The molecule has 2 N–H and O–H groups in total. The fourth-order valence-corrected chi connectivity index (χ4v) is 7.47. The highest BCUT2D eigenvalue weighted by Crippen LogP contribution is 2.50. The van der Waals surface area contributed by atoms with Gasteiger partial charge in [0.1, 0.15) is 28.2 Å². The lowest BCUT2D eigenvalue weighted by atomic mass is 9.91. The maximum atomic E-state index is 15.7. The number of phenolic OH excluding ortho intramolecular Hbond substituents is 1. The van der Waals surface area contributed by atoms with Crippen LogP contribution in [0.15, 0.2) is 40.6 Å². The zero-order valence-corrected chi connectivity index (χ0v) is 29.4. The molecule has 1 unspecified atom stereocenters. The normalized spacial score (nSPS) is 21.6. The van der Waals surface area contributed by atoms with Gasteiger partial charge in [-0.05, 0) is 50.8 Å². The number of carbonyl (C=O) groups is 1. The minimum Gasteiger partial charge on any atom is -0.506 e. The van der Waals surface area contributed by atoms with Crippen LogP contribution in [0.1, 0.15) is 46.6 Å². The van der Waals surface area contributed by atoms with Crippen LogP contribution in [-0.4, -0.2) is 74.6 Å². The number of allylic oxidation sites excluding steroid dienone is 1. The Morgan fingerprint density at radius 1 is 1.15 bits per heavy atom. The summed E-state index contributed by atoms with van der Waals surface area (Å²) in [5, 5.41) is 32.3.